The second kappa shape index (κ2) is 6.05. The van der Waals surface area contributed by atoms with E-state index in [0.717, 1.165) is 5.69 Å². The van der Waals surface area contributed by atoms with Gasteiger partial charge in [0, 0.05) is 26.2 Å². The van der Waals surface area contributed by atoms with E-state index in [0.29, 0.717) is 12.0 Å². The Balaban J connectivity index is 2.47. The zero-order valence-corrected chi connectivity index (χ0v) is 12.0. The summed E-state index contributed by atoms with van der Waals surface area (Å²) in [6.07, 6.45) is 2.08. The van der Waals surface area contributed by atoms with E-state index >= 15 is 0 Å². The first-order chi connectivity index (χ1) is 10.0. The van der Waals surface area contributed by atoms with Crippen molar-refractivity contribution in [2.45, 2.75) is 11.8 Å². The first-order valence-corrected chi connectivity index (χ1v) is 6.55. The van der Waals surface area contributed by atoms with Crippen molar-refractivity contribution in [2.24, 2.45) is 12.8 Å². The predicted octanol–water partition coefficient (Wildman–Crippen LogP) is 1.17. The van der Waals surface area contributed by atoms with Crippen LogP contribution in [-0.2, 0) is 28.4 Å². The number of nitrogens with two attached hydrogens (primary N) is 1. The number of hydrogen-bond donors (Lipinski definition) is 1. The van der Waals surface area contributed by atoms with Crippen LogP contribution in [0.25, 0.3) is 0 Å². The number of ether oxygens (including phenoxy) is 1. The SMILES string of the molecule is COC(=O)C(CN)(Cc1ccn(C)n1)c1ccc(F)cc1. The Morgan fingerprint density at radius 1 is 1.38 bits per heavy atom. The van der Waals surface area contributed by atoms with Gasteiger partial charge in [-0.05, 0) is 23.8 Å². The van der Waals surface area contributed by atoms with E-state index in [1.807, 2.05) is 6.07 Å². The molecule has 0 bridgehead atoms. The van der Waals surface area contributed by atoms with Crippen LogP contribution in [0.2, 0.25) is 0 Å². The summed E-state index contributed by atoms with van der Waals surface area (Å²) in [7, 11) is 3.11. The van der Waals surface area contributed by atoms with Crippen LogP contribution in [-0.4, -0.2) is 29.4 Å². The van der Waals surface area contributed by atoms with Crippen LogP contribution in [0.5, 0.6) is 0 Å². The van der Waals surface area contributed by atoms with Crippen LogP contribution in [0.1, 0.15) is 11.3 Å². The van der Waals surface area contributed by atoms with Gasteiger partial charge in [-0.3, -0.25) is 9.48 Å². The van der Waals surface area contributed by atoms with E-state index in [9.17, 15) is 9.18 Å². The van der Waals surface area contributed by atoms with E-state index in [1.54, 1.807) is 30.1 Å². The lowest BCUT2D eigenvalue weighted by molar-refractivity contribution is -0.147. The Bertz CT molecular complexity index is 624. The molecule has 2 N–H and O–H groups in total. The predicted molar refractivity (Wildman–Crippen MR) is 76.1 cm³/mol. The van der Waals surface area contributed by atoms with Gasteiger partial charge in [-0.15, -0.1) is 0 Å². The normalized spacial score (nSPS) is 13.7. The number of benzene rings is 1. The number of rotatable bonds is 5. The molecule has 1 unspecified atom stereocenters. The van der Waals surface area contributed by atoms with Gasteiger partial charge in [0.15, 0.2) is 0 Å². The van der Waals surface area contributed by atoms with Crippen molar-refractivity contribution in [1.29, 1.82) is 0 Å². The van der Waals surface area contributed by atoms with Crippen LogP contribution < -0.4 is 5.73 Å². The number of carbonyl (C=O) groups excluding carboxylic acids is 1. The quantitative estimate of drug-likeness (QED) is 0.840. The Hall–Kier alpha value is -2.21. The number of aromatic nitrogens is 2. The molecule has 21 heavy (non-hydrogen) atoms. The zero-order chi connectivity index (χ0) is 15.5. The molecule has 2 rings (SSSR count). The van der Waals surface area contributed by atoms with Crippen molar-refractivity contribution in [1.82, 2.24) is 9.78 Å². The number of carbonyl (C=O) groups is 1. The number of aryl methyl sites for hydroxylation is 1. The molecule has 2 aromatic rings. The number of hydrogen-bond acceptors (Lipinski definition) is 4. The van der Waals surface area contributed by atoms with Gasteiger partial charge in [0.05, 0.1) is 12.8 Å². The fourth-order valence-corrected chi connectivity index (χ4v) is 2.40. The van der Waals surface area contributed by atoms with E-state index in [4.69, 9.17) is 10.5 Å². The fraction of sp³-hybridized carbons (Fsp3) is 0.333. The second-order valence-corrected chi connectivity index (χ2v) is 4.94. The Morgan fingerprint density at radius 2 is 2.05 bits per heavy atom. The summed E-state index contributed by atoms with van der Waals surface area (Å²) in [6.45, 7) is 0.0435. The highest BCUT2D eigenvalue weighted by molar-refractivity contribution is 5.84. The Morgan fingerprint density at radius 3 is 2.52 bits per heavy atom. The molecule has 0 saturated heterocycles. The third-order valence-corrected chi connectivity index (χ3v) is 3.57. The molecule has 0 fully saturated rings. The van der Waals surface area contributed by atoms with Gasteiger partial charge in [-0.2, -0.15) is 5.10 Å². The van der Waals surface area contributed by atoms with Gasteiger partial charge < -0.3 is 10.5 Å². The molecule has 0 spiro atoms. The maximum absolute atomic E-state index is 13.1. The minimum atomic E-state index is -1.07. The second-order valence-electron chi connectivity index (χ2n) is 4.94. The molecule has 112 valence electrons. The lowest BCUT2D eigenvalue weighted by atomic mass is 9.76. The highest BCUT2D eigenvalue weighted by atomic mass is 19.1. The number of nitrogens with zero attached hydrogens (tertiary/aromatic N) is 2. The molecule has 0 aliphatic heterocycles. The van der Waals surface area contributed by atoms with Crippen molar-refractivity contribution in [3.05, 3.63) is 53.6 Å². The average molecular weight is 291 g/mol. The van der Waals surface area contributed by atoms with Gasteiger partial charge in [-0.25, -0.2) is 4.39 Å². The molecule has 1 aromatic heterocycles. The third kappa shape index (κ3) is 2.95. The molecule has 1 aromatic carbocycles. The van der Waals surface area contributed by atoms with Gasteiger partial charge >= 0.3 is 5.97 Å². The zero-order valence-electron chi connectivity index (χ0n) is 12.0. The molecular weight excluding hydrogens is 273 g/mol. The van der Waals surface area contributed by atoms with Gasteiger partial charge in [0.2, 0.25) is 0 Å². The number of esters is 1. The summed E-state index contributed by atoms with van der Waals surface area (Å²) < 4.78 is 19.7. The van der Waals surface area contributed by atoms with E-state index in [-0.39, 0.29) is 12.4 Å². The lowest BCUT2D eigenvalue weighted by Gasteiger charge is -2.29. The van der Waals surface area contributed by atoms with Crippen molar-refractivity contribution in [3.63, 3.8) is 0 Å². The summed E-state index contributed by atoms with van der Waals surface area (Å²) in [6, 6.07) is 7.54. The summed E-state index contributed by atoms with van der Waals surface area (Å²) in [5.74, 6) is -0.824. The topological polar surface area (TPSA) is 70.1 Å². The molecule has 1 heterocycles. The van der Waals surface area contributed by atoms with Crippen molar-refractivity contribution in [2.75, 3.05) is 13.7 Å². The standard InChI is InChI=1S/C15H18FN3O2/c1-19-8-7-13(18-19)9-15(10-17,14(20)21-2)11-3-5-12(16)6-4-11/h3-8H,9-10,17H2,1-2H3. The summed E-state index contributed by atoms with van der Waals surface area (Å²) in [4.78, 5) is 12.3. The number of methoxy groups -OCH3 is 1. The lowest BCUT2D eigenvalue weighted by Crippen LogP contribution is -2.46. The maximum atomic E-state index is 13.1. The highest BCUT2D eigenvalue weighted by Gasteiger charge is 2.41. The summed E-state index contributed by atoms with van der Waals surface area (Å²) in [5, 5.41) is 4.28. The first-order valence-electron chi connectivity index (χ1n) is 6.55. The molecule has 5 nitrogen and oxygen atoms in total. The van der Waals surface area contributed by atoms with Crippen molar-refractivity contribution < 1.29 is 13.9 Å². The molecule has 0 aliphatic carbocycles. The largest absolute Gasteiger partial charge is 0.468 e. The first kappa shape index (κ1) is 15.2. The smallest absolute Gasteiger partial charge is 0.317 e. The van der Waals surface area contributed by atoms with Crippen LogP contribution in [0.4, 0.5) is 4.39 Å². The minimum absolute atomic E-state index is 0.0435. The molecule has 0 saturated carbocycles. The maximum Gasteiger partial charge on any atom is 0.317 e. The van der Waals surface area contributed by atoms with Gasteiger partial charge in [0.1, 0.15) is 11.2 Å². The number of halogens is 1. The Labute approximate surface area is 122 Å². The van der Waals surface area contributed by atoms with Crippen LogP contribution in [0.3, 0.4) is 0 Å². The molecule has 0 aliphatic rings. The van der Waals surface area contributed by atoms with Crippen molar-refractivity contribution in [3.8, 4) is 0 Å². The fourth-order valence-electron chi connectivity index (χ4n) is 2.40. The van der Waals surface area contributed by atoms with E-state index < -0.39 is 11.4 Å². The minimum Gasteiger partial charge on any atom is -0.468 e. The van der Waals surface area contributed by atoms with E-state index in [2.05, 4.69) is 5.10 Å². The third-order valence-electron chi connectivity index (χ3n) is 3.57. The van der Waals surface area contributed by atoms with E-state index in [1.165, 1.54) is 19.2 Å². The van der Waals surface area contributed by atoms with Gasteiger partial charge in [-0.1, -0.05) is 12.1 Å². The summed E-state index contributed by atoms with van der Waals surface area (Å²) in [5.41, 5.74) is 6.14. The monoisotopic (exact) mass is 291 g/mol. The van der Waals surface area contributed by atoms with Gasteiger partial charge in [0.25, 0.3) is 0 Å². The highest BCUT2D eigenvalue weighted by Crippen LogP contribution is 2.29. The van der Waals surface area contributed by atoms with Crippen LogP contribution in [0.15, 0.2) is 36.5 Å². The molecule has 0 radical (unpaired) electrons. The Kier molecular flexibility index (Phi) is 4.37. The molecule has 6 heteroatoms. The molecule has 1 atom stereocenters. The van der Waals surface area contributed by atoms with Crippen LogP contribution >= 0.6 is 0 Å². The average Bonchev–Trinajstić information content (AvgIpc) is 2.90. The summed E-state index contributed by atoms with van der Waals surface area (Å²) >= 11 is 0. The molecule has 0 amide bonds. The van der Waals surface area contributed by atoms with Crippen LogP contribution in [0, 0.1) is 5.82 Å². The van der Waals surface area contributed by atoms with Crippen molar-refractivity contribution >= 4 is 5.97 Å². The molecular formula is C15H18FN3O2.